The molecule has 8 heteroatoms. The number of hydrogen-bond acceptors (Lipinski definition) is 5. The molecule has 1 aromatic carbocycles. The molecule has 0 amide bonds. The van der Waals surface area contributed by atoms with Gasteiger partial charge < -0.3 is 24.4 Å². The molecule has 2 aliphatic heterocycles. The highest BCUT2D eigenvalue weighted by atomic mass is 127. The molecule has 1 N–H and O–H groups in total. The molecule has 0 spiro atoms. The molecule has 0 aromatic heterocycles. The van der Waals surface area contributed by atoms with Crippen LogP contribution in [-0.2, 0) is 17.7 Å². The molecule has 0 saturated carbocycles. The molecule has 1 fully saturated rings. The van der Waals surface area contributed by atoms with Gasteiger partial charge in [0.15, 0.2) is 17.5 Å². The maximum absolute atomic E-state index is 5.57. The van der Waals surface area contributed by atoms with Gasteiger partial charge in [0, 0.05) is 38.3 Å². The van der Waals surface area contributed by atoms with E-state index in [9.17, 15) is 0 Å². The van der Waals surface area contributed by atoms with Gasteiger partial charge in [0.05, 0.1) is 34.0 Å². The van der Waals surface area contributed by atoms with E-state index in [1.165, 1.54) is 11.1 Å². The van der Waals surface area contributed by atoms with Crippen LogP contribution in [0.25, 0.3) is 0 Å². The largest absolute Gasteiger partial charge is 0.493 e. The zero-order chi connectivity index (χ0) is 20.8. The number of halogens is 1. The highest BCUT2D eigenvalue weighted by Crippen LogP contribution is 2.33. The number of rotatable bonds is 6. The number of fused-ring (bicyclic) bond motifs is 1. The normalized spacial score (nSPS) is 20.8. The smallest absolute Gasteiger partial charge is 0.194 e. The Morgan fingerprint density at radius 1 is 1.23 bits per heavy atom. The summed E-state index contributed by atoms with van der Waals surface area (Å²) in [6, 6.07) is 5.05. The lowest BCUT2D eigenvalue weighted by molar-refractivity contribution is -0.0166. The molecule has 30 heavy (non-hydrogen) atoms. The van der Waals surface area contributed by atoms with Crippen molar-refractivity contribution in [2.75, 3.05) is 53.6 Å². The minimum atomic E-state index is 0. The van der Waals surface area contributed by atoms with Crippen molar-refractivity contribution in [1.82, 2.24) is 15.1 Å². The summed E-state index contributed by atoms with van der Waals surface area (Å²) in [5, 5.41) is 3.48. The average Bonchev–Trinajstić information content (AvgIpc) is 2.75. The van der Waals surface area contributed by atoms with Crippen molar-refractivity contribution in [3.05, 3.63) is 23.3 Å². The van der Waals surface area contributed by atoms with Gasteiger partial charge in [0.25, 0.3) is 0 Å². The van der Waals surface area contributed by atoms with Crippen molar-refractivity contribution >= 4 is 29.9 Å². The number of benzene rings is 1. The lowest BCUT2D eigenvalue weighted by atomic mass is 9.99. The predicted molar refractivity (Wildman–Crippen MR) is 132 cm³/mol. The minimum absolute atomic E-state index is 0. The van der Waals surface area contributed by atoms with Crippen LogP contribution in [0.5, 0.6) is 11.5 Å². The molecule has 7 nitrogen and oxygen atoms in total. The summed E-state index contributed by atoms with van der Waals surface area (Å²) in [5.41, 5.74) is 2.60. The molecular formula is C22H37IN4O3. The van der Waals surface area contributed by atoms with Crippen molar-refractivity contribution in [1.29, 1.82) is 0 Å². The van der Waals surface area contributed by atoms with E-state index in [0.717, 1.165) is 69.8 Å². The molecule has 170 valence electrons. The first kappa shape index (κ1) is 25.0. The van der Waals surface area contributed by atoms with Crippen LogP contribution in [-0.4, -0.2) is 81.5 Å². The molecule has 3 rings (SSSR count). The van der Waals surface area contributed by atoms with Gasteiger partial charge in [-0.3, -0.25) is 9.89 Å². The fraction of sp³-hybridized carbons (Fsp3) is 0.682. The second kappa shape index (κ2) is 12.0. The van der Waals surface area contributed by atoms with E-state index in [-0.39, 0.29) is 24.0 Å². The molecule has 0 aliphatic carbocycles. The van der Waals surface area contributed by atoms with Gasteiger partial charge in [-0.25, -0.2) is 0 Å². The second-order valence-corrected chi connectivity index (χ2v) is 7.85. The van der Waals surface area contributed by atoms with Crippen LogP contribution < -0.4 is 14.8 Å². The zero-order valence-electron chi connectivity index (χ0n) is 18.9. The maximum atomic E-state index is 5.57. The van der Waals surface area contributed by atoms with Gasteiger partial charge in [0.2, 0.25) is 0 Å². The molecule has 2 heterocycles. The first-order valence-corrected chi connectivity index (χ1v) is 10.7. The number of morpholine rings is 1. The van der Waals surface area contributed by atoms with E-state index in [4.69, 9.17) is 19.2 Å². The van der Waals surface area contributed by atoms with Crippen LogP contribution in [0.3, 0.4) is 0 Å². The number of nitrogens with one attached hydrogen (secondary N) is 1. The highest BCUT2D eigenvalue weighted by molar-refractivity contribution is 14.0. The fourth-order valence-corrected chi connectivity index (χ4v) is 4.21. The number of nitrogens with zero attached hydrogens (tertiary/aromatic N) is 3. The van der Waals surface area contributed by atoms with Gasteiger partial charge in [-0.2, -0.15) is 0 Å². The van der Waals surface area contributed by atoms with Gasteiger partial charge in [-0.15, -0.1) is 24.0 Å². The van der Waals surface area contributed by atoms with Crippen LogP contribution in [0.1, 0.15) is 31.9 Å². The molecule has 2 aliphatic rings. The molecular weight excluding hydrogens is 495 g/mol. The molecule has 1 saturated heterocycles. The van der Waals surface area contributed by atoms with Crippen LogP contribution >= 0.6 is 24.0 Å². The van der Waals surface area contributed by atoms with Gasteiger partial charge >= 0.3 is 0 Å². The molecule has 0 radical (unpaired) electrons. The summed E-state index contributed by atoms with van der Waals surface area (Å²) in [5.74, 6) is 2.57. The van der Waals surface area contributed by atoms with E-state index < -0.39 is 0 Å². The van der Waals surface area contributed by atoms with E-state index in [1.807, 2.05) is 0 Å². The summed E-state index contributed by atoms with van der Waals surface area (Å²) >= 11 is 0. The Bertz CT molecular complexity index is 716. The van der Waals surface area contributed by atoms with Crippen molar-refractivity contribution in [2.24, 2.45) is 4.99 Å². The van der Waals surface area contributed by atoms with Crippen LogP contribution in [0, 0.1) is 0 Å². The van der Waals surface area contributed by atoms with Crippen molar-refractivity contribution in [3.8, 4) is 11.5 Å². The Morgan fingerprint density at radius 2 is 1.93 bits per heavy atom. The topological polar surface area (TPSA) is 58.6 Å². The maximum Gasteiger partial charge on any atom is 0.194 e. The first-order chi connectivity index (χ1) is 14.1. The van der Waals surface area contributed by atoms with E-state index in [1.54, 1.807) is 14.2 Å². The van der Waals surface area contributed by atoms with E-state index in [0.29, 0.717) is 12.1 Å². The van der Waals surface area contributed by atoms with Gasteiger partial charge in [-0.1, -0.05) is 0 Å². The minimum Gasteiger partial charge on any atom is -0.493 e. The lowest BCUT2D eigenvalue weighted by Crippen LogP contribution is -2.50. The summed E-state index contributed by atoms with van der Waals surface area (Å²) in [6.07, 6.45) is 0.968. The summed E-state index contributed by atoms with van der Waals surface area (Å²) < 4.78 is 16.5. The number of methoxy groups -OCH3 is 2. The van der Waals surface area contributed by atoms with Crippen LogP contribution in [0.4, 0.5) is 0 Å². The van der Waals surface area contributed by atoms with Gasteiger partial charge in [0.1, 0.15) is 0 Å². The first-order valence-electron chi connectivity index (χ1n) is 10.7. The number of ether oxygens (including phenoxy) is 3. The molecule has 1 aromatic rings. The average molecular weight is 532 g/mol. The molecule has 2 unspecified atom stereocenters. The van der Waals surface area contributed by atoms with Crippen LogP contribution in [0.15, 0.2) is 17.1 Å². The predicted octanol–water partition coefficient (Wildman–Crippen LogP) is 2.75. The van der Waals surface area contributed by atoms with Crippen molar-refractivity contribution in [2.45, 2.75) is 45.8 Å². The van der Waals surface area contributed by atoms with Gasteiger partial charge in [-0.05, 0) is 50.5 Å². The summed E-state index contributed by atoms with van der Waals surface area (Å²) in [6.45, 7) is 12.6. The monoisotopic (exact) mass is 532 g/mol. The fourth-order valence-electron chi connectivity index (χ4n) is 4.21. The Kier molecular flexibility index (Phi) is 9.96. The highest BCUT2D eigenvalue weighted by Gasteiger charge is 2.25. The summed E-state index contributed by atoms with van der Waals surface area (Å²) in [7, 11) is 3.37. The third-order valence-electron chi connectivity index (χ3n) is 5.84. The third-order valence-corrected chi connectivity index (χ3v) is 5.84. The van der Waals surface area contributed by atoms with E-state index >= 15 is 0 Å². The number of hydrogen-bond donors (Lipinski definition) is 1. The van der Waals surface area contributed by atoms with Crippen molar-refractivity contribution in [3.63, 3.8) is 0 Å². The molecule has 0 bridgehead atoms. The Labute approximate surface area is 198 Å². The number of aliphatic imine (C=N–C) groups is 1. The summed E-state index contributed by atoms with van der Waals surface area (Å²) in [4.78, 5) is 9.83. The van der Waals surface area contributed by atoms with E-state index in [2.05, 4.69) is 48.0 Å². The molecule has 2 atom stereocenters. The van der Waals surface area contributed by atoms with Crippen LogP contribution in [0.2, 0.25) is 0 Å². The van der Waals surface area contributed by atoms with Crippen molar-refractivity contribution < 1.29 is 14.2 Å². The second-order valence-electron chi connectivity index (χ2n) is 7.85. The Hall–Kier alpha value is -1.26. The number of guanidine groups is 1. The lowest BCUT2D eigenvalue weighted by Gasteiger charge is -2.37. The third kappa shape index (κ3) is 5.91. The zero-order valence-corrected chi connectivity index (χ0v) is 21.3. The standard InChI is InChI=1S/C22H36N4O3.HI/c1-6-23-22(24-13-16(2)26-9-10-29-15-17(26)3)25-8-7-18-11-20(27-4)21(28-5)12-19(18)14-25;/h11-12,16-17H,6-10,13-15H2,1-5H3,(H,23,24);1H. The SMILES string of the molecule is CCNC(=NCC(C)N1CCOCC1C)N1CCc2cc(OC)c(OC)cc2C1.I. The quantitative estimate of drug-likeness (QED) is 0.346. The Balaban J connectivity index is 0.00000320. The Morgan fingerprint density at radius 3 is 2.57 bits per heavy atom.